The number of benzene rings is 2. The van der Waals surface area contributed by atoms with Crippen LogP contribution in [0.3, 0.4) is 0 Å². The molecule has 0 unspecified atom stereocenters. The number of methoxy groups -OCH3 is 1. The lowest BCUT2D eigenvalue weighted by Crippen LogP contribution is -2.38. The van der Waals surface area contributed by atoms with E-state index in [4.69, 9.17) is 21.1 Å². The van der Waals surface area contributed by atoms with Crippen LogP contribution in [-0.4, -0.2) is 33.3 Å². The van der Waals surface area contributed by atoms with Crippen molar-refractivity contribution >= 4 is 17.6 Å². The number of nitrogens with zero attached hydrogens (tertiary/aromatic N) is 1. The van der Waals surface area contributed by atoms with Crippen LogP contribution in [0.4, 0.5) is 0 Å². The number of guanidine groups is 1. The maximum Gasteiger partial charge on any atom is 0.191 e. The molecule has 2 aromatic carbocycles. The Hall–Kier alpha value is -2.40. The largest absolute Gasteiger partial charge is 0.497 e. The van der Waals surface area contributed by atoms with Gasteiger partial charge in [-0.1, -0.05) is 23.7 Å². The lowest BCUT2D eigenvalue weighted by atomic mass is 10.2. The van der Waals surface area contributed by atoms with Gasteiger partial charge in [-0.25, -0.2) is 0 Å². The van der Waals surface area contributed by atoms with Crippen LogP contribution in [-0.2, 0) is 6.54 Å². The third-order valence-electron chi connectivity index (χ3n) is 3.29. The van der Waals surface area contributed by atoms with Crippen LogP contribution in [0.25, 0.3) is 0 Å². The lowest BCUT2D eigenvalue weighted by Gasteiger charge is -2.13. The Labute approximate surface area is 147 Å². The van der Waals surface area contributed by atoms with E-state index in [1.54, 1.807) is 26.3 Å². The molecule has 0 saturated heterocycles. The van der Waals surface area contributed by atoms with Crippen LogP contribution in [0.15, 0.2) is 53.5 Å². The van der Waals surface area contributed by atoms with Crippen LogP contribution in [0.2, 0.25) is 5.02 Å². The molecule has 0 amide bonds. The number of ether oxygens (including phenoxy) is 2. The Morgan fingerprint density at radius 2 is 1.88 bits per heavy atom. The van der Waals surface area contributed by atoms with Crippen LogP contribution in [0, 0.1) is 0 Å². The molecule has 0 aliphatic carbocycles. The fraction of sp³-hybridized carbons (Fsp3) is 0.278. The quantitative estimate of drug-likeness (QED) is 0.459. The van der Waals surface area contributed by atoms with Gasteiger partial charge in [-0.2, -0.15) is 0 Å². The SMILES string of the molecule is CN=C(NCCOc1ccc(Cl)cc1)NCc1cccc(OC)c1. The van der Waals surface area contributed by atoms with E-state index in [0.717, 1.165) is 23.0 Å². The Balaban J connectivity index is 1.71. The van der Waals surface area contributed by atoms with Crippen LogP contribution in [0.1, 0.15) is 5.56 Å². The van der Waals surface area contributed by atoms with Gasteiger partial charge in [-0.05, 0) is 42.0 Å². The fourth-order valence-electron chi connectivity index (χ4n) is 2.06. The molecule has 5 nitrogen and oxygen atoms in total. The van der Waals surface area contributed by atoms with Crippen LogP contribution in [0.5, 0.6) is 11.5 Å². The predicted octanol–water partition coefficient (Wildman–Crippen LogP) is 3.09. The highest BCUT2D eigenvalue weighted by Gasteiger charge is 2.00. The van der Waals surface area contributed by atoms with Crippen LogP contribution < -0.4 is 20.1 Å². The topological polar surface area (TPSA) is 54.9 Å². The molecule has 24 heavy (non-hydrogen) atoms. The van der Waals surface area contributed by atoms with Crippen molar-refractivity contribution in [3.8, 4) is 11.5 Å². The molecule has 0 bridgehead atoms. The van der Waals surface area contributed by atoms with Gasteiger partial charge in [0.25, 0.3) is 0 Å². The molecular formula is C18H22ClN3O2. The van der Waals surface area contributed by atoms with Gasteiger partial charge < -0.3 is 20.1 Å². The highest BCUT2D eigenvalue weighted by Crippen LogP contribution is 2.15. The molecule has 2 rings (SSSR count). The molecule has 128 valence electrons. The van der Waals surface area contributed by atoms with Crippen molar-refractivity contribution in [2.45, 2.75) is 6.54 Å². The second kappa shape index (κ2) is 9.67. The molecule has 0 radical (unpaired) electrons. The van der Waals surface area contributed by atoms with Crippen molar-refractivity contribution in [3.05, 3.63) is 59.1 Å². The van der Waals surface area contributed by atoms with Gasteiger partial charge in [0.15, 0.2) is 5.96 Å². The van der Waals surface area contributed by atoms with E-state index in [1.165, 1.54) is 0 Å². The standard InChI is InChI=1S/C18H22ClN3O2/c1-20-18(22-13-14-4-3-5-17(12-14)23-2)21-10-11-24-16-8-6-15(19)7-9-16/h3-9,12H,10-11,13H2,1-2H3,(H2,20,21,22). The average molecular weight is 348 g/mol. The van der Waals surface area contributed by atoms with Gasteiger partial charge in [0.1, 0.15) is 18.1 Å². The number of rotatable bonds is 7. The molecule has 2 N–H and O–H groups in total. The molecule has 0 heterocycles. The van der Waals surface area contributed by atoms with E-state index in [0.29, 0.717) is 24.7 Å². The van der Waals surface area contributed by atoms with E-state index >= 15 is 0 Å². The van der Waals surface area contributed by atoms with Gasteiger partial charge in [0, 0.05) is 18.6 Å². The smallest absolute Gasteiger partial charge is 0.191 e. The Kier molecular flexibility index (Phi) is 7.23. The van der Waals surface area contributed by atoms with E-state index in [1.807, 2.05) is 36.4 Å². The van der Waals surface area contributed by atoms with E-state index in [-0.39, 0.29) is 0 Å². The van der Waals surface area contributed by atoms with Gasteiger partial charge in [-0.3, -0.25) is 4.99 Å². The Morgan fingerprint density at radius 1 is 1.08 bits per heavy atom. The molecule has 0 fully saturated rings. The van der Waals surface area contributed by atoms with Gasteiger partial charge in [-0.15, -0.1) is 0 Å². The van der Waals surface area contributed by atoms with E-state index in [9.17, 15) is 0 Å². The zero-order valence-corrected chi connectivity index (χ0v) is 14.6. The number of hydrogen-bond acceptors (Lipinski definition) is 3. The van der Waals surface area contributed by atoms with Crippen molar-refractivity contribution in [2.75, 3.05) is 27.3 Å². The zero-order chi connectivity index (χ0) is 17.2. The first-order chi connectivity index (χ1) is 11.7. The van der Waals surface area contributed by atoms with E-state index < -0.39 is 0 Å². The van der Waals surface area contributed by atoms with Crippen molar-refractivity contribution in [1.82, 2.24) is 10.6 Å². The minimum absolute atomic E-state index is 0.529. The molecule has 0 aliphatic heterocycles. The summed E-state index contributed by atoms with van der Waals surface area (Å²) in [5, 5.41) is 7.16. The van der Waals surface area contributed by atoms with Gasteiger partial charge in [0.2, 0.25) is 0 Å². The van der Waals surface area contributed by atoms with Crippen molar-refractivity contribution in [2.24, 2.45) is 4.99 Å². The highest BCUT2D eigenvalue weighted by atomic mass is 35.5. The van der Waals surface area contributed by atoms with Crippen molar-refractivity contribution in [1.29, 1.82) is 0 Å². The molecule has 0 aliphatic rings. The summed E-state index contributed by atoms with van der Waals surface area (Å²) in [6.07, 6.45) is 0. The summed E-state index contributed by atoms with van der Waals surface area (Å²) < 4.78 is 10.8. The molecule has 6 heteroatoms. The normalized spacial score (nSPS) is 11.0. The summed E-state index contributed by atoms with van der Waals surface area (Å²) in [6, 6.07) is 15.2. The maximum absolute atomic E-state index is 5.84. The Morgan fingerprint density at radius 3 is 2.58 bits per heavy atom. The third-order valence-corrected chi connectivity index (χ3v) is 3.55. The first-order valence-electron chi connectivity index (χ1n) is 7.67. The molecule has 0 saturated carbocycles. The molecule has 0 spiro atoms. The summed E-state index contributed by atoms with van der Waals surface area (Å²) >= 11 is 5.84. The summed E-state index contributed by atoms with van der Waals surface area (Å²) in [6.45, 7) is 1.83. The number of aliphatic imine (C=N–C) groups is 1. The van der Waals surface area contributed by atoms with E-state index in [2.05, 4.69) is 15.6 Å². The lowest BCUT2D eigenvalue weighted by molar-refractivity contribution is 0.322. The second-order valence-electron chi connectivity index (χ2n) is 5.01. The molecule has 0 atom stereocenters. The van der Waals surface area contributed by atoms with Gasteiger partial charge >= 0.3 is 0 Å². The van der Waals surface area contributed by atoms with Crippen molar-refractivity contribution < 1.29 is 9.47 Å². The summed E-state index contributed by atoms with van der Waals surface area (Å²) in [4.78, 5) is 4.19. The summed E-state index contributed by atoms with van der Waals surface area (Å²) in [5.74, 6) is 2.35. The first-order valence-corrected chi connectivity index (χ1v) is 8.05. The van der Waals surface area contributed by atoms with Crippen molar-refractivity contribution in [3.63, 3.8) is 0 Å². The number of halogens is 1. The van der Waals surface area contributed by atoms with Crippen LogP contribution >= 0.6 is 11.6 Å². The molecule has 0 aromatic heterocycles. The average Bonchev–Trinajstić information content (AvgIpc) is 2.63. The molecule has 2 aromatic rings. The second-order valence-corrected chi connectivity index (χ2v) is 5.44. The number of hydrogen-bond donors (Lipinski definition) is 2. The fourth-order valence-corrected chi connectivity index (χ4v) is 2.18. The zero-order valence-electron chi connectivity index (χ0n) is 13.9. The highest BCUT2D eigenvalue weighted by molar-refractivity contribution is 6.30. The third kappa shape index (κ3) is 6.01. The minimum Gasteiger partial charge on any atom is -0.497 e. The monoisotopic (exact) mass is 347 g/mol. The maximum atomic E-state index is 5.84. The minimum atomic E-state index is 0.529. The Bertz CT molecular complexity index is 660. The summed E-state index contributed by atoms with van der Waals surface area (Å²) in [7, 11) is 3.40. The van der Waals surface area contributed by atoms with Gasteiger partial charge in [0.05, 0.1) is 13.7 Å². The first kappa shape index (κ1) is 17.9. The number of nitrogens with one attached hydrogen (secondary N) is 2. The predicted molar refractivity (Wildman–Crippen MR) is 98.1 cm³/mol. The molecular weight excluding hydrogens is 326 g/mol. The summed E-state index contributed by atoms with van der Waals surface area (Å²) in [5.41, 5.74) is 1.12.